The average Bonchev–Trinajstić information content (AvgIpc) is 2.33. The third kappa shape index (κ3) is 3.51. The van der Waals surface area contributed by atoms with Crippen LogP contribution in [-0.2, 0) is 0 Å². The van der Waals surface area contributed by atoms with E-state index in [1.165, 1.54) is 36.8 Å². The van der Waals surface area contributed by atoms with Gasteiger partial charge >= 0.3 is 0 Å². The maximum atomic E-state index is 9.02. The van der Waals surface area contributed by atoms with E-state index in [4.69, 9.17) is 5.21 Å². The van der Waals surface area contributed by atoms with E-state index in [9.17, 15) is 0 Å². The third-order valence-electron chi connectivity index (χ3n) is 3.07. The van der Waals surface area contributed by atoms with Gasteiger partial charge in [0.15, 0.2) is 0 Å². The maximum absolute atomic E-state index is 9.02. The number of rotatable bonds is 6. The lowest BCUT2D eigenvalue weighted by atomic mass is 9.89. The molecule has 0 spiro atoms. The summed E-state index contributed by atoms with van der Waals surface area (Å²) in [6, 6.07) is 0. The molecule has 0 aromatic heterocycles. The molecule has 0 atom stereocenters. The molecule has 1 aliphatic rings. The highest BCUT2D eigenvalue weighted by Gasteiger charge is 2.14. The molecular formula is C14H23NO. The molecule has 0 fully saturated rings. The number of unbranched alkanes of at least 4 members (excludes halogenated alkanes) is 2. The standard InChI is InChI=1S/C14H23NO/c1-3-5-8-12-9-7-11-14(15-16)13(12)10-6-4-2/h7,9,16H,3-6,8,10-11H2,1-2H3. The van der Waals surface area contributed by atoms with Crippen LogP contribution in [0.3, 0.4) is 0 Å². The van der Waals surface area contributed by atoms with E-state index in [1.54, 1.807) is 0 Å². The van der Waals surface area contributed by atoms with E-state index in [-0.39, 0.29) is 0 Å². The van der Waals surface area contributed by atoms with Gasteiger partial charge in [0, 0.05) is 6.42 Å². The SMILES string of the molecule is CCCCC1=C(CCCC)C(=NO)CC=C1. The molecule has 0 aliphatic heterocycles. The zero-order valence-corrected chi connectivity index (χ0v) is 10.5. The van der Waals surface area contributed by atoms with Crippen LogP contribution in [0.2, 0.25) is 0 Å². The van der Waals surface area contributed by atoms with Crippen LogP contribution in [0.25, 0.3) is 0 Å². The molecule has 16 heavy (non-hydrogen) atoms. The summed E-state index contributed by atoms with van der Waals surface area (Å²) < 4.78 is 0. The van der Waals surface area contributed by atoms with Crippen molar-refractivity contribution >= 4 is 5.71 Å². The van der Waals surface area contributed by atoms with Crippen molar-refractivity contribution in [1.82, 2.24) is 0 Å². The van der Waals surface area contributed by atoms with Crippen LogP contribution in [0, 0.1) is 0 Å². The Bertz CT molecular complexity index is 300. The van der Waals surface area contributed by atoms with Crippen molar-refractivity contribution < 1.29 is 5.21 Å². The largest absolute Gasteiger partial charge is 0.411 e. The first kappa shape index (κ1) is 13.0. The van der Waals surface area contributed by atoms with Gasteiger partial charge in [0.05, 0.1) is 5.71 Å². The average molecular weight is 221 g/mol. The minimum absolute atomic E-state index is 0.783. The van der Waals surface area contributed by atoms with Crippen LogP contribution in [-0.4, -0.2) is 10.9 Å². The summed E-state index contributed by atoms with van der Waals surface area (Å²) in [7, 11) is 0. The van der Waals surface area contributed by atoms with Crippen molar-refractivity contribution in [3.8, 4) is 0 Å². The zero-order valence-electron chi connectivity index (χ0n) is 10.5. The van der Waals surface area contributed by atoms with Crippen molar-refractivity contribution in [2.24, 2.45) is 5.16 Å². The molecule has 0 aromatic rings. The van der Waals surface area contributed by atoms with Gasteiger partial charge in [-0.2, -0.15) is 0 Å². The fourth-order valence-corrected chi connectivity index (χ4v) is 2.08. The fraction of sp³-hybridized carbons (Fsp3) is 0.643. The normalized spacial score (nSPS) is 18.5. The number of oxime groups is 1. The Kier molecular flexibility index (Phi) is 5.91. The second-order valence-corrected chi connectivity index (χ2v) is 4.36. The number of nitrogens with zero attached hydrogens (tertiary/aromatic N) is 1. The van der Waals surface area contributed by atoms with Gasteiger partial charge in [0.2, 0.25) is 0 Å². The first-order valence-electron chi connectivity index (χ1n) is 6.43. The van der Waals surface area contributed by atoms with E-state index < -0.39 is 0 Å². The van der Waals surface area contributed by atoms with E-state index in [0.717, 1.165) is 25.0 Å². The molecule has 2 heteroatoms. The fourth-order valence-electron chi connectivity index (χ4n) is 2.08. The minimum atomic E-state index is 0.783. The molecule has 0 aromatic carbocycles. The molecule has 1 aliphatic carbocycles. The number of hydrogen-bond acceptors (Lipinski definition) is 2. The topological polar surface area (TPSA) is 32.6 Å². The molecular weight excluding hydrogens is 198 g/mol. The molecule has 0 saturated carbocycles. The smallest absolute Gasteiger partial charge is 0.0867 e. The molecule has 90 valence electrons. The van der Waals surface area contributed by atoms with Crippen molar-refractivity contribution in [2.75, 3.05) is 0 Å². The Morgan fingerprint density at radius 3 is 2.50 bits per heavy atom. The van der Waals surface area contributed by atoms with Gasteiger partial charge in [0.25, 0.3) is 0 Å². The molecule has 1 rings (SSSR count). The molecule has 0 heterocycles. The van der Waals surface area contributed by atoms with Crippen LogP contribution in [0.5, 0.6) is 0 Å². The molecule has 0 unspecified atom stereocenters. The highest BCUT2D eigenvalue weighted by molar-refractivity contribution is 6.02. The van der Waals surface area contributed by atoms with Crippen LogP contribution in [0.15, 0.2) is 28.5 Å². The van der Waals surface area contributed by atoms with Crippen molar-refractivity contribution in [2.45, 2.75) is 58.8 Å². The predicted molar refractivity (Wildman–Crippen MR) is 69.1 cm³/mol. The van der Waals surface area contributed by atoms with Gasteiger partial charge in [0.1, 0.15) is 0 Å². The summed E-state index contributed by atoms with van der Waals surface area (Å²) in [5, 5.41) is 12.5. The molecule has 1 N–H and O–H groups in total. The van der Waals surface area contributed by atoms with Crippen molar-refractivity contribution in [3.63, 3.8) is 0 Å². The van der Waals surface area contributed by atoms with Crippen LogP contribution in [0.4, 0.5) is 0 Å². The summed E-state index contributed by atoms with van der Waals surface area (Å²) in [6.07, 6.45) is 12.1. The monoisotopic (exact) mass is 221 g/mol. The van der Waals surface area contributed by atoms with E-state index in [1.807, 2.05) is 0 Å². The summed E-state index contributed by atoms with van der Waals surface area (Å²) in [5.74, 6) is 0. The van der Waals surface area contributed by atoms with Crippen LogP contribution in [0.1, 0.15) is 58.8 Å². The second kappa shape index (κ2) is 7.26. The third-order valence-corrected chi connectivity index (χ3v) is 3.07. The van der Waals surface area contributed by atoms with Crippen molar-refractivity contribution in [1.29, 1.82) is 0 Å². The molecule has 2 nitrogen and oxygen atoms in total. The van der Waals surface area contributed by atoms with Gasteiger partial charge in [-0.3, -0.25) is 0 Å². The Balaban J connectivity index is 2.81. The van der Waals surface area contributed by atoms with Gasteiger partial charge in [-0.05, 0) is 36.8 Å². The maximum Gasteiger partial charge on any atom is 0.0867 e. The Hall–Kier alpha value is -1.05. The molecule has 0 bridgehead atoms. The molecule has 0 saturated heterocycles. The van der Waals surface area contributed by atoms with E-state index in [0.29, 0.717) is 0 Å². The van der Waals surface area contributed by atoms with E-state index >= 15 is 0 Å². The van der Waals surface area contributed by atoms with Crippen LogP contribution < -0.4 is 0 Å². The lowest BCUT2D eigenvalue weighted by Gasteiger charge is -2.17. The van der Waals surface area contributed by atoms with Gasteiger partial charge in [-0.15, -0.1) is 0 Å². The van der Waals surface area contributed by atoms with Crippen LogP contribution >= 0.6 is 0 Å². The summed E-state index contributed by atoms with van der Waals surface area (Å²) in [4.78, 5) is 0. The first-order chi connectivity index (χ1) is 7.83. The van der Waals surface area contributed by atoms with Gasteiger partial charge < -0.3 is 5.21 Å². The van der Waals surface area contributed by atoms with Crippen molar-refractivity contribution in [3.05, 3.63) is 23.3 Å². The summed E-state index contributed by atoms with van der Waals surface area (Å²) in [6.45, 7) is 4.40. The highest BCUT2D eigenvalue weighted by Crippen LogP contribution is 2.25. The van der Waals surface area contributed by atoms with Gasteiger partial charge in [-0.1, -0.05) is 44.0 Å². The quantitative estimate of drug-likeness (QED) is 0.521. The Morgan fingerprint density at radius 1 is 1.19 bits per heavy atom. The molecule has 0 amide bonds. The first-order valence-corrected chi connectivity index (χ1v) is 6.43. The Morgan fingerprint density at radius 2 is 1.88 bits per heavy atom. The highest BCUT2D eigenvalue weighted by atomic mass is 16.4. The summed E-state index contributed by atoms with van der Waals surface area (Å²) in [5.41, 5.74) is 3.55. The second-order valence-electron chi connectivity index (χ2n) is 4.36. The predicted octanol–water partition coefficient (Wildman–Crippen LogP) is 4.45. The lowest BCUT2D eigenvalue weighted by molar-refractivity contribution is 0.318. The number of allylic oxidation sites excluding steroid dienone is 4. The summed E-state index contributed by atoms with van der Waals surface area (Å²) >= 11 is 0. The van der Waals surface area contributed by atoms with E-state index in [2.05, 4.69) is 31.2 Å². The Labute approximate surface area is 98.7 Å². The van der Waals surface area contributed by atoms with Gasteiger partial charge in [-0.25, -0.2) is 0 Å². The molecule has 0 radical (unpaired) electrons. The minimum Gasteiger partial charge on any atom is -0.411 e. The lowest BCUT2D eigenvalue weighted by Crippen LogP contribution is -2.09. The zero-order chi connectivity index (χ0) is 11.8. The number of hydrogen-bond donors (Lipinski definition) is 1.